The Hall–Kier alpha value is -2.80. The molecule has 1 atom stereocenters. The molecule has 4 rings (SSSR count). The minimum absolute atomic E-state index is 0.170. The van der Waals surface area contributed by atoms with Gasteiger partial charge in [-0.15, -0.1) is 0 Å². The van der Waals surface area contributed by atoms with Gasteiger partial charge in [-0.2, -0.15) is 0 Å². The van der Waals surface area contributed by atoms with E-state index in [1.54, 1.807) is 43.1 Å². The number of thioether (sulfide) groups is 1. The van der Waals surface area contributed by atoms with E-state index in [4.69, 9.17) is 14.5 Å². The zero-order valence-electron chi connectivity index (χ0n) is 17.1. The SMILES string of the molecule is COc1ccc(-n2c(S[C@H]3CCCCCC3=O)nc3ccccc3c2=O)cc1OC. The summed E-state index contributed by atoms with van der Waals surface area (Å²) in [7, 11) is 3.13. The van der Waals surface area contributed by atoms with Crippen LogP contribution in [0, 0.1) is 0 Å². The fourth-order valence-corrected chi connectivity index (χ4v) is 5.00. The van der Waals surface area contributed by atoms with Gasteiger partial charge in [-0.1, -0.05) is 36.7 Å². The van der Waals surface area contributed by atoms with Crippen LogP contribution in [0.5, 0.6) is 11.5 Å². The molecule has 1 heterocycles. The van der Waals surface area contributed by atoms with Crippen LogP contribution in [0.25, 0.3) is 16.6 Å². The van der Waals surface area contributed by atoms with Crippen LogP contribution in [0.1, 0.15) is 32.1 Å². The van der Waals surface area contributed by atoms with Crippen molar-refractivity contribution in [1.29, 1.82) is 0 Å². The molecule has 7 heteroatoms. The van der Waals surface area contributed by atoms with Crippen molar-refractivity contribution in [1.82, 2.24) is 9.55 Å². The number of para-hydroxylation sites is 1. The van der Waals surface area contributed by atoms with Crippen LogP contribution >= 0.6 is 11.8 Å². The first-order chi connectivity index (χ1) is 14.6. The predicted octanol–water partition coefficient (Wildman–Crippen LogP) is 4.40. The standard InChI is InChI=1S/C23H24N2O4S/c1-28-19-13-12-15(14-20(19)29-2)25-22(27)16-8-6-7-9-17(16)24-23(25)30-21-11-5-3-4-10-18(21)26/h6-9,12-14,21H,3-5,10-11H2,1-2H3/t21-/m0/s1. The lowest BCUT2D eigenvalue weighted by atomic mass is 10.2. The number of rotatable bonds is 5. The molecule has 3 aromatic rings. The van der Waals surface area contributed by atoms with Gasteiger partial charge < -0.3 is 9.47 Å². The summed E-state index contributed by atoms with van der Waals surface area (Å²) in [5, 5.41) is 0.863. The number of carbonyl (C=O) groups is 1. The third-order valence-corrected chi connectivity index (χ3v) is 6.63. The van der Waals surface area contributed by atoms with Crippen molar-refractivity contribution >= 4 is 28.4 Å². The lowest BCUT2D eigenvalue weighted by molar-refractivity contribution is -0.118. The number of Topliss-reactive ketones (excluding diaryl/α,β-unsaturated/α-hetero) is 1. The molecular formula is C23H24N2O4S. The summed E-state index contributed by atoms with van der Waals surface area (Å²) in [6, 6.07) is 12.6. The maximum Gasteiger partial charge on any atom is 0.266 e. The Morgan fingerprint density at radius 2 is 1.80 bits per heavy atom. The first-order valence-corrected chi connectivity index (χ1v) is 10.9. The third-order valence-electron chi connectivity index (χ3n) is 5.37. The molecule has 1 aliphatic rings. The van der Waals surface area contributed by atoms with Gasteiger partial charge in [0.2, 0.25) is 0 Å². The smallest absolute Gasteiger partial charge is 0.266 e. The largest absolute Gasteiger partial charge is 0.493 e. The summed E-state index contributed by atoms with van der Waals surface area (Å²) < 4.78 is 12.3. The highest BCUT2D eigenvalue weighted by molar-refractivity contribution is 8.00. The second-order valence-electron chi connectivity index (χ2n) is 7.26. The summed E-state index contributed by atoms with van der Waals surface area (Å²) in [6.45, 7) is 0. The fraction of sp³-hybridized carbons (Fsp3) is 0.348. The molecule has 0 bridgehead atoms. The Morgan fingerprint density at radius 1 is 1.00 bits per heavy atom. The number of aromatic nitrogens is 2. The van der Waals surface area contributed by atoms with Crippen LogP contribution in [0.2, 0.25) is 0 Å². The molecule has 0 spiro atoms. The molecule has 0 radical (unpaired) electrons. The number of hydrogen-bond acceptors (Lipinski definition) is 6. The number of carbonyl (C=O) groups excluding carboxylic acids is 1. The van der Waals surface area contributed by atoms with Gasteiger partial charge >= 0.3 is 0 Å². The van der Waals surface area contributed by atoms with E-state index in [9.17, 15) is 9.59 Å². The molecule has 1 aromatic heterocycles. The molecule has 2 aromatic carbocycles. The first kappa shape index (κ1) is 20.5. The van der Waals surface area contributed by atoms with Gasteiger partial charge in [0.1, 0.15) is 5.78 Å². The van der Waals surface area contributed by atoms with Gasteiger partial charge in [0.15, 0.2) is 16.7 Å². The van der Waals surface area contributed by atoms with E-state index >= 15 is 0 Å². The third kappa shape index (κ3) is 3.94. The minimum atomic E-state index is -0.188. The summed E-state index contributed by atoms with van der Waals surface area (Å²) >= 11 is 1.39. The van der Waals surface area contributed by atoms with Gasteiger partial charge in [-0.05, 0) is 37.1 Å². The Balaban J connectivity index is 1.88. The van der Waals surface area contributed by atoms with Crippen molar-refractivity contribution in [2.24, 2.45) is 0 Å². The zero-order valence-corrected chi connectivity index (χ0v) is 17.9. The summed E-state index contributed by atoms with van der Waals surface area (Å²) in [6.07, 6.45) is 4.40. The fourth-order valence-electron chi connectivity index (χ4n) is 3.76. The number of ether oxygens (including phenoxy) is 2. The molecule has 1 aliphatic carbocycles. The Bertz CT molecular complexity index is 1140. The number of hydrogen-bond donors (Lipinski definition) is 0. The van der Waals surface area contributed by atoms with Gasteiger partial charge in [-0.3, -0.25) is 14.2 Å². The highest BCUT2D eigenvalue weighted by Crippen LogP contribution is 2.34. The molecule has 0 amide bonds. The van der Waals surface area contributed by atoms with E-state index in [0.29, 0.717) is 39.7 Å². The van der Waals surface area contributed by atoms with Crippen molar-refractivity contribution in [2.45, 2.75) is 42.5 Å². The zero-order chi connectivity index (χ0) is 21.1. The van der Waals surface area contributed by atoms with Crippen molar-refractivity contribution in [3.63, 3.8) is 0 Å². The molecule has 0 aliphatic heterocycles. The van der Waals surface area contributed by atoms with Crippen LogP contribution in [0.3, 0.4) is 0 Å². The topological polar surface area (TPSA) is 70.4 Å². The van der Waals surface area contributed by atoms with Crippen LogP contribution in [-0.2, 0) is 4.79 Å². The number of methoxy groups -OCH3 is 2. The predicted molar refractivity (Wildman–Crippen MR) is 118 cm³/mol. The van der Waals surface area contributed by atoms with E-state index in [1.165, 1.54) is 11.8 Å². The maximum absolute atomic E-state index is 13.4. The van der Waals surface area contributed by atoms with Gasteiger partial charge in [0.05, 0.1) is 36.1 Å². The molecule has 6 nitrogen and oxygen atoms in total. The molecular weight excluding hydrogens is 400 g/mol. The van der Waals surface area contributed by atoms with Crippen molar-refractivity contribution < 1.29 is 14.3 Å². The lowest BCUT2D eigenvalue weighted by Crippen LogP contribution is -2.24. The van der Waals surface area contributed by atoms with E-state index < -0.39 is 0 Å². The summed E-state index contributed by atoms with van der Waals surface area (Å²) in [4.78, 5) is 30.8. The van der Waals surface area contributed by atoms with Crippen LogP contribution < -0.4 is 15.0 Å². The van der Waals surface area contributed by atoms with Crippen molar-refractivity contribution in [3.8, 4) is 17.2 Å². The molecule has 156 valence electrons. The van der Waals surface area contributed by atoms with Crippen molar-refractivity contribution in [3.05, 3.63) is 52.8 Å². The van der Waals surface area contributed by atoms with Gasteiger partial charge in [0, 0.05) is 12.5 Å². The number of benzene rings is 2. The average Bonchev–Trinajstić information content (AvgIpc) is 2.97. The lowest BCUT2D eigenvalue weighted by Gasteiger charge is -2.18. The van der Waals surface area contributed by atoms with Gasteiger partial charge in [0.25, 0.3) is 5.56 Å². The van der Waals surface area contributed by atoms with Crippen LogP contribution in [0.15, 0.2) is 52.4 Å². The number of nitrogens with zero attached hydrogens (tertiary/aromatic N) is 2. The molecule has 0 unspecified atom stereocenters. The normalized spacial score (nSPS) is 17.0. The van der Waals surface area contributed by atoms with E-state index in [2.05, 4.69) is 0 Å². The number of ketones is 1. The molecule has 1 saturated carbocycles. The average molecular weight is 425 g/mol. The summed E-state index contributed by atoms with van der Waals surface area (Å²) in [5.74, 6) is 1.34. The first-order valence-electron chi connectivity index (χ1n) is 10.1. The van der Waals surface area contributed by atoms with E-state index in [1.807, 2.05) is 18.2 Å². The highest BCUT2D eigenvalue weighted by Gasteiger charge is 2.25. The Kier molecular flexibility index (Phi) is 6.08. The van der Waals surface area contributed by atoms with Gasteiger partial charge in [-0.25, -0.2) is 4.98 Å². The quantitative estimate of drug-likeness (QED) is 0.447. The molecule has 0 saturated heterocycles. The highest BCUT2D eigenvalue weighted by atomic mass is 32.2. The number of fused-ring (bicyclic) bond motifs is 1. The monoisotopic (exact) mass is 424 g/mol. The summed E-state index contributed by atoms with van der Waals surface area (Å²) in [5.41, 5.74) is 1.08. The minimum Gasteiger partial charge on any atom is -0.493 e. The van der Waals surface area contributed by atoms with Crippen LogP contribution in [-0.4, -0.2) is 34.8 Å². The Morgan fingerprint density at radius 3 is 2.60 bits per heavy atom. The van der Waals surface area contributed by atoms with Crippen molar-refractivity contribution in [2.75, 3.05) is 14.2 Å². The molecule has 30 heavy (non-hydrogen) atoms. The maximum atomic E-state index is 13.4. The Labute approximate surface area is 179 Å². The van der Waals surface area contributed by atoms with E-state index in [-0.39, 0.29) is 16.6 Å². The van der Waals surface area contributed by atoms with E-state index in [0.717, 1.165) is 25.7 Å². The molecule has 0 N–H and O–H groups in total. The second-order valence-corrected chi connectivity index (χ2v) is 8.43. The molecule has 1 fully saturated rings. The van der Waals surface area contributed by atoms with Crippen LogP contribution in [0.4, 0.5) is 0 Å². The second kappa shape index (κ2) is 8.92.